The molecule has 5 heteroatoms. The molecule has 0 spiro atoms. The molecule has 16 heavy (non-hydrogen) atoms. The third-order valence-electron chi connectivity index (χ3n) is 3.50. The van der Waals surface area contributed by atoms with Crippen LogP contribution in [0, 0.1) is 0 Å². The summed E-state index contributed by atoms with van der Waals surface area (Å²) in [4.78, 5) is 3.71. The molecule has 0 unspecified atom stereocenters. The molecule has 0 saturated heterocycles. The number of thiophene rings is 1. The Labute approximate surface area is 112 Å². The second-order valence-corrected chi connectivity index (χ2v) is 6.14. The summed E-state index contributed by atoms with van der Waals surface area (Å²) in [6.07, 6.45) is 3.78. The molecule has 1 aromatic rings. The lowest BCUT2D eigenvalue weighted by Crippen LogP contribution is -2.56. The summed E-state index contributed by atoms with van der Waals surface area (Å²) < 4.78 is 0.869. The maximum absolute atomic E-state index is 5.92. The lowest BCUT2D eigenvalue weighted by Gasteiger charge is -2.48. The molecule has 1 fully saturated rings. The SMILES string of the molecule is CN(Cc1ccc(Cl)s1)C1(CN)CCC1.Cl. The smallest absolute Gasteiger partial charge is 0.0931 e. The first-order valence-electron chi connectivity index (χ1n) is 5.32. The maximum atomic E-state index is 5.92. The molecule has 0 bridgehead atoms. The van der Waals surface area contributed by atoms with Crippen LogP contribution in [0.5, 0.6) is 0 Å². The van der Waals surface area contributed by atoms with E-state index in [1.165, 1.54) is 24.1 Å². The van der Waals surface area contributed by atoms with Crippen molar-refractivity contribution in [2.75, 3.05) is 13.6 Å². The Morgan fingerprint density at radius 1 is 1.50 bits per heavy atom. The number of hydrogen-bond donors (Lipinski definition) is 1. The van der Waals surface area contributed by atoms with Gasteiger partial charge in [0.05, 0.1) is 4.34 Å². The fraction of sp³-hybridized carbons (Fsp3) is 0.636. The molecule has 0 aliphatic heterocycles. The standard InChI is InChI=1S/C11H17ClN2S.ClH/c1-14(11(8-13)5-2-6-11)7-9-3-4-10(12)15-9;/h3-4H,2,5-8,13H2,1H3;1H. The van der Waals surface area contributed by atoms with Gasteiger partial charge in [-0.1, -0.05) is 11.6 Å². The minimum atomic E-state index is 0. The van der Waals surface area contributed by atoms with Crippen molar-refractivity contribution in [3.05, 3.63) is 21.3 Å². The first-order chi connectivity index (χ1) is 7.16. The highest BCUT2D eigenvalue weighted by atomic mass is 35.5. The highest BCUT2D eigenvalue weighted by Gasteiger charge is 2.39. The summed E-state index contributed by atoms with van der Waals surface area (Å²) >= 11 is 7.58. The van der Waals surface area contributed by atoms with Crippen LogP contribution in [0.25, 0.3) is 0 Å². The van der Waals surface area contributed by atoms with Gasteiger partial charge in [-0.05, 0) is 38.4 Å². The van der Waals surface area contributed by atoms with Gasteiger partial charge in [0, 0.05) is 23.5 Å². The summed E-state index contributed by atoms with van der Waals surface area (Å²) in [5.41, 5.74) is 6.12. The third-order valence-corrected chi connectivity index (χ3v) is 4.71. The first-order valence-corrected chi connectivity index (χ1v) is 6.51. The van der Waals surface area contributed by atoms with E-state index in [4.69, 9.17) is 17.3 Å². The summed E-state index contributed by atoms with van der Waals surface area (Å²) in [6.45, 7) is 1.73. The molecule has 92 valence electrons. The van der Waals surface area contributed by atoms with Gasteiger partial charge in [0.25, 0.3) is 0 Å². The zero-order valence-corrected chi connectivity index (χ0v) is 11.8. The van der Waals surface area contributed by atoms with Crippen molar-refractivity contribution < 1.29 is 0 Å². The number of hydrogen-bond acceptors (Lipinski definition) is 3. The van der Waals surface area contributed by atoms with Crippen LogP contribution >= 0.6 is 35.3 Å². The minimum Gasteiger partial charge on any atom is -0.329 e. The molecule has 1 aliphatic rings. The van der Waals surface area contributed by atoms with E-state index in [0.717, 1.165) is 17.4 Å². The van der Waals surface area contributed by atoms with Crippen molar-refractivity contribution in [1.82, 2.24) is 4.90 Å². The van der Waals surface area contributed by atoms with E-state index in [1.54, 1.807) is 11.3 Å². The van der Waals surface area contributed by atoms with Crippen LogP contribution in [0.1, 0.15) is 24.1 Å². The van der Waals surface area contributed by atoms with Crippen LogP contribution in [-0.2, 0) is 6.54 Å². The van der Waals surface area contributed by atoms with E-state index in [0.29, 0.717) is 0 Å². The monoisotopic (exact) mass is 280 g/mol. The van der Waals surface area contributed by atoms with E-state index in [-0.39, 0.29) is 17.9 Å². The summed E-state index contributed by atoms with van der Waals surface area (Å²) in [5, 5.41) is 0. The topological polar surface area (TPSA) is 29.3 Å². The zero-order valence-electron chi connectivity index (χ0n) is 9.41. The van der Waals surface area contributed by atoms with Crippen LogP contribution in [-0.4, -0.2) is 24.0 Å². The van der Waals surface area contributed by atoms with Crippen molar-refractivity contribution in [3.63, 3.8) is 0 Å². The fourth-order valence-corrected chi connectivity index (χ4v) is 3.31. The molecular formula is C11H18Cl2N2S. The van der Waals surface area contributed by atoms with Crippen LogP contribution in [0.15, 0.2) is 12.1 Å². The van der Waals surface area contributed by atoms with E-state index < -0.39 is 0 Å². The lowest BCUT2D eigenvalue weighted by atomic mass is 9.75. The number of halogens is 2. The van der Waals surface area contributed by atoms with E-state index in [1.807, 2.05) is 6.07 Å². The molecule has 0 radical (unpaired) electrons. The van der Waals surface area contributed by atoms with Crippen molar-refractivity contribution in [2.45, 2.75) is 31.3 Å². The zero-order chi connectivity index (χ0) is 10.9. The van der Waals surface area contributed by atoms with Gasteiger partial charge in [0.2, 0.25) is 0 Å². The van der Waals surface area contributed by atoms with Crippen LogP contribution in [0.4, 0.5) is 0 Å². The Bertz CT molecular complexity index is 331. The summed E-state index contributed by atoms with van der Waals surface area (Å²) in [5.74, 6) is 0. The molecule has 0 aromatic carbocycles. The van der Waals surface area contributed by atoms with Gasteiger partial charge in [0.15, 0.2) is 0 Å². The maximum Gasteiger partial charge on any atom is 0.0931 e. The molecule has 0 amide bonds. The molecule has 0 atom stereocenters. The second kappa shape index (κ2) is 5.69. The Hall–Kier alpha value is 0.200. The number of nitrogens with two attached hydrogens (primary N) is 1. The van der Waals surface area contributed by atoms with E-state index in [2.05, 4.69) is 18.0 Å². The molecule has 1 saturated carbocycles. The van der Waals surface area contributed by atoms with Crippen molar-refractivity contribution >= 4 is 35.3 Å². The van der Waals surface area contributed by atoms with Gasteiger partial charge in [-0.15, -0.1) is 23.7 Å². The summed E-state index contributed by atoms with van der Waals surface area (Å²) in [7, 11) is 2.17. The first kappa shape index (κ1) is 14.3. The Morgan fingerprint density at radius 2 is 2.19 bits per heavy atom. The van der Waals surface area contributed by atoms with E-state index in [9.17, 15) is 0 Å². The van der Waals surface area contributed by atoms with E-state index >= 15 is 0 Å². The van der Waals surface area contributed by atoms with Crippen LogP contribution < -0.4 is 5.73 Å². The molecular weight excluding hydrogens is 263 g/mol. The highest BCUT2D eigenvalue weighted by molar-refractivity contribution is 7.16. The van der Waals surface area contributed by atoms with Gasteiger partial charge in [0.1, 0.15) is 0 Å². The number of nitrogens with zero attached hydrogens (tertiary/aromatic N) is 1. The quantitative estimate of drug-likeness (QED) is 0.918. The number of rotatable bonds is 4. The minimum absolute atomic E-state index is 0. The Morgan fingerprint density at radius 3 is 2.56 bits per heavy atom. The van der Waals surface area contributed by atoms with Gasteiger partial charge >= 0.3 is 0 Å². The van der Waals surface area contributed by atoms with Crippen molar-refractivity contribution in [1.29, 1.82) is 0 Å². The van der Waals surface area contributed by atoms with Crippen LogP contribution in [0.3, 0.4) is 0 Å². The average molecular weight is 281 g/mol. The molecule has 2 N–H and O–H groups in total. The van der Waals surface area contributed by atoms with Crippen molar-refractivity contribution in [2.24, 2.45) is 5.73 Å². The molecule has 1 aliphatic carbocycles. The lowest BCUT2D eigenvalue weighted by molar-refractivity contribution is 0.0406. The normalized spacial score (nSPS) is 18.0. The fourth-order valence-electron chi connectivity index (χ4n) is 2.16. The molecule has 1 heterocycles. The Balaban J connectivity index is 0.00000128. The second-order valence-electron chi connectivity index (χ2n) is 4.34. The van der Waals surface area contributed by atoms with Crippen LogP contribution in [0.2, 0.25) is 4.34 Å². The predicted octanol–water partition coefficient (Wildman–Crippen LogP) is 3.14. The van der Waals surface area contributed by atoms with Crippen molar-refractivity contribution in [3.8, 4) is 0 Å². The molecule has 2 rings (SSSR count). The predicted molar refractivity (Wildman–Crippen MR) is 73.7 cm³/mol. The van der Waals surface area contributed by atoms with Gasteiger partial charge < -0.3 is 5.73 Å². The summed E-state index contributed by atoms with van der Waals surface area (Å²) in [6, 6.07) is 4.07. The van der Waals surface area contributed by atoms with Gasteiger partial charge in [-0.2, -0.15) is 0 Å². The Kier molecular flexibility index (Phi) is 5.08. The molecule has 1 aromatic heterocycles. The average Bonchev–Trinajstić information content (AvgIpc) is 2.50. The molecule has 2 nitrogen and oxygen atoms in total. The van der Waals surface area contributed by atoms with Gasteiger partial charge in [-0.3, -0.25) is 4.90 Å². The third kappa shape index (κ3) is 2.71. The number of likely N-dealkylation sites (N-methyl/N-ethyl adjacent to an activating group) is 1. The highest BCUT2D eigenvalue weighted by Crippen LogP contribution is 2.37. The largest absolute Gasteiger partial charge is 0.329 e. The van der Waals surface area contributed by atoms with Gasteiger partial charge in [-0.25, -0.2) is 0 Å².